The summed E-state index contributed by atoms with van der Waals surface area (Å²) in [5.41, 5.74) is -0.876. The molecular weight excluding hydrogens is 330 g/mol. The summed E-state index contributed by atoms with van der Waals surface area (Å²) in [6.45, 7) is 2.30. The standard InChI is InChI=1S/C16H19N3O4S/c1-16(14(21)22)5-7-19(10-16)13(20)12-4-3-11(23-12)9-24-15-17-6-8-18(15)2/h3-4,6,8H,5,7,9-10H2,1-2H3,(H,21,22). The molecule has 0 radical (unpaired) electrons. The van der Waals surface area contributed by atoms with E-state index in [1.165, 1.54) is 11.8 Å². The number of amides is 1. The molecule has 7 nitrogen and oxygen atoms in total. The quantitative estimate of drug-likeness (QED) is 0.833. The molecule has 24 heavy (non-hydrogen) atoms. The van der Waals surface area contributed by atoms with Gasteiger partial charge in [0.1, 0.15) is 5.76 Å². The lowest BCUT2D eigenvalue weighted by Crippen LogP contribution is -2.34. The second-order valence-corrected chi connectivity index (χ2v) is 7.16. The molecule has 0 spiro atoms. The molecule has 0 aliphatic carbocycles. The van der Waals surface area contributed by atoms with Crippen LogP contribution in [-0.4, -0.2) is 44.5 Å². The fourth-order valence-corrected chi connectivity index (χ4v) is 3.49. The number of likely N-dealkylation sites (tertiary alicyclic amines) is 1. The first-order chi connectivity index (χ1) is 11.4. The Hall–Kier alpha value is -2.22. The molecule has 1 N–H and O–H groups in total. The zero-order valence-corrected chi connectivity index (χ0v) is 14.4. The number of imidazole rings is 1. The van der Waals surface area contributed by atoms with E-state index in [4.69, 9.17) is 4.42 Å². The van der Waals surface area contributed by atoms with Gasteiger partial charge in [0.2, 0.25) is 0 Å². The average molecular weight is 349 g/mol. The van der Waals surface area contributed by atoms with Gasteiger partial charge in [0, 0.05) is 32.5 Å². The predicted octanol–water partition coefficient (Wildman–Crippen LogP) is 2.24. The third kappa shape index (κ3) is 3.19. The van der Waals surface area contributed by atoms with Crippen LogP contribution >= 0.6 is 11.8 Å². The summed E-state index contributed by atoms with van der Waals surface area (Å²) in [6.07, 6.45) is 4.05. The fraction of sp³-hybridized carbons (Fsp3) is 0.438. The van der Waals surface area contributed by atoms with E-state index in [1.54, 1.807) is 30.2 Å². The maximum atomic E-state index is 12.5. The molecule has 3 heterocycles. The number of aryl methyl sites for hydroxylation is 1. The van der Waals surface area contributed by atoms with Crippen molar-refractivity contribution in [2.24, 2.45) is 12.5 Å². The molecule has 128 valence electrons. The Balaban J connectivity index is 1.62. The van der Waals surface area contributed by atoms with Gasteiger partial charge in [-0.15, -0.1) is 0 Å². The second kappa shape index (κ2) is 6.35. The molecule has 1 saturated heterocycles. The van der Waals surface area contributed by atoms with E-state index in [1.807, 2.05) is 17.8 Å². The van der Waals surface area contributed by atoms with E-state index >= 15 is 0 Å². The lowest BCUT2D eigenvalue weighted by Gasteiger charge is -2.19. The van der Waals surface area contributed by atoms with E-state index in [9.17, 15) is 14.7 Å². The molecule has 1 unspecified atom stereocenters. The third-order valence-electron chi connectivity index (χ3n) is 4.27. The number of hydrogen-bond acceptors (Lipinski definition) is 5. The molecule has 8 heteroatoms. The number of aromatic nitrogens is 2. The summed E-state index contributed by atoms with van der Waals surface area (Å²) in [4.78, 5) is 29.5. The molecule has 1 aliphatic heterocycles. The Morgan fingerprint density at radius 3 is 2.88 bits per heavy atom. The summed E-state index contributed by atoms with van der Waals surface area (Å²) in [6, 6.07) is 3.42. The Morgan fingerprint density at radius 1 is 1.46 bits per heavy atom. The molecule has 0 bridgehead atoms. The molecule has 3 rings (SSSR count). The number of carboxylic acids is 1. The minimum Gasteiger partial charge on any atom is -0.481 e. The van der Waals surface area contributed by atoms with E-state index in [0.717, 1.165) is 5.16 Å². The van der Waals surface area contributed by atoms with Crippen molar-refractivity contribution >= 4 is 23.6 Å². The van der Waals surface area contributed by atoms with Crippen LogP contribution in [0.4, 0.5) is 0 Å². The van der Waals surface area contributed by atoms with Crippen LogP contribution in [0.3, 0.4) is 0 Å². The molecule has 1 fully saturated rings. The van der Waals surface area contributed by atoms with Crippen molar-refractivity contribution in [2.75, 3.05) is 13.1 Å². The summed E-state index contributed by atoms with van der Waals surface area (Å²) in [7, 11) is 1.92. The average Bonchev–Trinajstić information content (AvgIpc) is 3.25. The third-order valence-corrected chi connectivity index (χ3v) is 5.35. The number of carbonyl (C=O) groups excluding carboxylic acids is 1. The number of hydrogen-bond donors (Lipinski definition) is 1. The van der Waals surface area contributed by atoms with Gasteiger partial charge < -0.3 is 19.0 Å². The van der Waals surface area contributed by atoms with Crippen molar-refractivity contribution in [3.8, 4) is 0 Å². The van der Waals surface area contributed by atoms with Crippen molar-refractivity contribution in [1.29, 1.82) is 0 Å². The van der Waals surface area contributed by atoms with Crippen molar-refractivity contribution in [3.63, 3.8) is 0 Å². The smallest absolute Gasteiger partial charge is 0.311 e. The highest BCUT2D eigenvalue weighted by Gasteiger charge is 2.42. The van der Waals surface area contributed by atoms with Crippen LogP contribution in [0.15, 0.2) is 34.1 Å². The van der Waals surface area contributed by atoms with Crippen molar-refractivity contribution in [1.82, 2.24) is 14.5 Å². The van der Waals surface area contributed by atoms with Crippen LogP contribution in [0.2, 0.25) is 0 Å². The largest absolute Gasteiger partial charge is 0.481 e. The van der Waals surface area contributed by atoms with Crippen LogP contribution in [0, 0.1) is 5.41 Å². The normalized spacial score (nSPS) is 20.5. The van der Waals surface area contributed by atoms with Gasteiger partial charge in [-0.05, 0) is 25.5 Å². The number of thioether (sulfide) groups is 1. The molecule has 2 aromatic rings. The van der Waals surface area contributed by atoms with Gasteiger partial charge in [0.05, 0.1) is 11.2 Å². The number of nitrogens with zero attached hydrogens (tertiary/aromatic N) is 3. The van der Waals surface area contributed by atoms with Gasteiger partial charge >= 0.3 is 5.97 Å². The first-order valence-electron chi connectivity index (χ1n) is 7.60. The van der Waals surface area contributed by atoms with E-state index in [-0.39, 0.29) is 18.2 Å². The Labute approximate surface area is 143 Å². The maximum absolute atomic E-state index is 12.5. The van der Waals surface area contributed by atoms with Gasteiger partial charge in [-0.2, -0.15) is 0 Å². The zero-order chi connectivity index (χ0) is 17.3. The summed E-state index contributed by atoms with van der Waals surface area (Å²) >= 11 is 1.52. The molecule has 0 aromatic carbocycles. The van der Waals surface area contributed by atoms with E-state index < -0.39 is 11.4 Å². The monoisotopic (exact) mass is 349 g/mol. The Bertz CT molecular complexity index is 769. The number of carboxylic acid groups (broad SMARTS) is 1. The van der Waals surface area contributed by atoms with Crippen LogP contribution in [0.25, 0.3) is 0 Å². The second-order valence-electron chi connectivity index (χ2n) is 6.22. The molecule has 1 aliphatic rings. The van der Waals surface area contributed by atoms with Crippen LogP contribution in [0.1, 0.15) is 29.7 Å². The van der Waals surface area contributed by atoms with Crippen molar-refractivity contribution in [3.05, 3.63) is 36.0 Å². The van der Waals surface area contributed by atoms with E-state index in [2.05, 4.69) is 4.98 Å². The Kier molecular flexibility index (Phi) is 4.40. The van der Waals surface area contributed by atoms with Gasteiger partial charge in [-0.3, -0.25) is 9.59 Å². The number of aliphatic carboxylic acids is 1. The molecule has 1 atom stereocenters. The topological polar surface area (TPSA) is 88.6 Å². The number of carbonyl (C=O) groups is 2. The number of furan rings is 1. The predicted molar refractivity (Wildman–Crippen MR) is 87.7 cm³/mol. The Morgan fingerprint density at radius 2 is 2.25 bits per heavy atom. The van der Waals surface area contributed by atoms with Gasteiger partial charge in [0.15, 0.2) is 10.9 Å². The molecular formula is C16H19N3O4S. The highest BCUT2D eigenvalue weighted by Crippen LogP contribution is 2.31. The van der Waals surface area contributed by atoms with Crippen molar-refractivity contribution in [2.45, 2.75) is 24.3 Å². The fourth-order valence-electron chi connectivity index (χ4n) is 2.66. The lowest BCUT2D eigenvalue weighted by molar-refractivity contribution is -0.147. The summed E-state index contributed by atoms with van der Waals surface area (Å²) in [5, 5.41) is 10.1. The SMILES string of the molecule is Cn1ccnc1SCc1ccc(C(=O)N2CCC(C)(C(=O)O)C2)o1. The molecule has 2 aromatic heterocycles. The first kappa shape index (κ1) is 16.6. The van der Waals surface area contributed by atoms with Gasteiger partial charge in [-0.1, -0.05) is 11.8 Å². The molecule has 0 saturated carbocycles. The zero-order valence-electron chi connectivity index (χ0n) is 13.6. The highest BCUT2D eigenvalue weighted by atomic mass is 32.2. The highest BCUT2D eigenvalue weighted by molar-refractivity contribution is 7.98. The van der Waals surface area contributed by atoms with Crippen LogP contribution in [-0.2, 0) is 17.6 Å². The molecule has 1 amide bonds. The van der Waals surface area contributed by atoms with Crippen LogP contribution < -0.4 is 0 Å². The first-order valence-corrected chi connectivity index (χ1v) is 8.59. The van der Waals surface area contributed by atoms with Crippen molar-refractivity contribution < 1.29 is 19.1 Å². The minimum atomic E-state index is -0.876. The maximum Gasteiger partial charge on any atom is 0.311 e. The van der Waals surface area contributed by atoms with Gasteiger partial charge in [0.25, 0.3) is 5.91 Å². The van der Waals surface area contributed by atoms with Gasteiger partial charge in [-0.25, -0.2) is 4.98 Å². The summed E-state index contributed by atoms with van der Waals surface area (Å²) < 4.78 is 7.54. The van der Waals surface area contributed by atoms with Crippen LogP contribution in [0.5, 0.6) is 0 Å². The summed E-state index contributed by atoms with van der Waals surface area (Å²) in [5.74, 6) is 0.384. The number of rotatable bonds is 5. The lowest BCUT2D eigenvalue weighted by atomic mass is 9.90. The van der Waals surface area contributed by atoms with E-state index in [0.29, 0.717) is 24.5 Å². The minimum absolute atomic E-state index is 0.208.